The van der Waals surface area contributed by atoms with Crippen LogP contribution in [0.4, 0.5) is 5.69 Å². The molecule has 1 fully saturated rings. The van der Waals surface area contributed by atoms with E-state index >= 15 is 0 Å². The highest BCUT2D eigenvalue weighted by Crippen LogP contribution is 2.25. The zero-order chi connectivity index (χ0) is 21.0. The third-order valence-corrected chi connectivity index (χ3v) is 7.18. The van der Waals surface area contributed by atoms with Gasteiger partial charge < -0.3 is 5.32 Å². The molecule has 0 aliphatic carbocycles. The number of carbonyl (C=O) groups excluding carboxylic acids is 1. The molecule has 1 heterocycles. The molecule has 2 aromatic rings. The lowest BCUT2D eigenvalue weighted by molar-refractivity contribution is -0.121. The second-order valence-corrected chi connectivity index (χ2v) is 9.97. The van der Waals surface area contributed by atoms with Crippen molar-refractivity contribution in [2.75, 3.05) is 32.5 Å². The number of hydrogen-bond acceptors (Lipinski definition) is 4. The first-order valence-corrected chi connectivity index (χ1v) is 11.3. The summed E-state index contributed by atoms with van der Waals surface area (Å²) in [6, 6.07) is 15.1. The highest BCUT2D eigenvalue weighted by atomic mass is 32.2. The monoisotopic (exact) mass is 415 g/mol. The van der Waals surface area contributed by atoms with Crippen molar-refractivity contribution in [3.05, 3.63) is 59.7 Å². The van der Waals surface area contributed by atoms with Crippen LogP contribution in [-0.4, -0.2) is 50.7 Å². The molecule has 0 unspecified atom stereocenters. The summed E-state index contributed by atoms with van der Waals surface area (Å²) in [5, 5.41) is 2.97. The molecule has 1 N–H and O–H groups in total. The summed E-state index contributed by atoms with van der Waals surface area (Å²) in [5.74, 6) is -0.161. The number of aryl methyl sites for hydroxylation is 1. The van der Waals surface area contributed by atoms with Gasteiger partial charge in [-0.25, -0.2) is 12.7 Å². The normalized spacial score (nSPS) is 18.0. The van der Waals surface area contributed by atoms with E-state index in [1.165, 1.54) is 24.0 Å². The summed E-state index contributed by atoms with van der Waals surface area (Å²) >= 11 is 0. The number of piperidine rings is 1. The van der Waals surface area contributed by atoms with Crippen LogP contribution in [0.25, 0.3) is 0 Å². The smallest absolute Gasteiger partial charge is 0.242 e. The Labute approximate surface area is 173 Å². The molecule has 1 saturated heterocycles. The number of amides is 1. The van der Waals surface area contributed by atoms with Crippen LogP contribution in [0.2, 0.25) is 0 Å². The number of anilines is 1. The molecule has 1 atom stereocenters. The van der Waals surface area contributed by atoms with Crippen molar-refractivity contribution in [1.82, 2.24) is 9.21 Å². The SMILES string of the molecule is Cc1ccc(S(=O)(=O)N(C)C)cc1NC(=O)[C@H]1CCCN(Cc2ccccc2)C1. The van der Waals surface area contributed by atoms with Gasteiger partial charge in [0.15, 0.2) is 0 Å². The molecule has 156 valence electrons. The lowest BCUT2D eigenvalue weighted by atomic mass is 9.96. The van der Waals surface area contributed by atoms with Gasteiger partial charge in [0, 0.05) is 32.9 Å². The maximum atomic E-state index is 12.9. The fourth-order valence-electron chi connectivity index (χ4n) is 3.60. The highest BCUT2D eigenvalue weighted by molar-refractivity contribution is 7.89. The van der Waals surface area contributed by atoms with Gasteiger partial charge in [-0.1, -0.05) is 36.4 Å². The number of carbonyl (C=O) groups is 1. The van der Waals surface area contributed by atoms with E-state index in [9.17, 15) is 13.2 Å². The molecular weight excluding hydrogens is 386 g/mol. The maximum absolute atomic E-state index is 12.9. The molecule has 0 spiro atoms. The van der Waals surface area contributed by atoms with E-state index < -0.39 is 10.0 Å². The second-order valence-electron chi connectivity index (χ2n) is 7.81. The van der Waals surface area contributed by atoms with E-state index in [2.05, 4.69) is 22.3 Å². The van der Waals surface area contributed by atoms with Crippen LogP contribution in [0, 0.1) is 12.8 Å². The van der Waals surface area contributed by atoms with Crippen molar-refractivity contribution in [2.24, 2.45) is 5.92 Å². The zero-order valence-corrected chi connectivity index (χ0v) is 18.1. The van der Waals surface area contributed by atoms with Crippen molar-refractivity contribution in [1.29, 1.82) is 0 Å². The number of rotatable bonds is 6. The molecule has 1 amide bonds. The number of benzene rings is 2. The number of likely N-dealkylation sites (tertiary alicyclic amines) is 1. The van der Waals surface area contributed by atoms with Crippen LogP contribution < -0.4 is 5.32 Å². The summed E-state index contributed by atoms with van der Waals surface area (Å²) in [6.07, 6.45) is 1.81. The molecular formula is C22H29N3O3S. The van der Waals surface area contributed by atoms with Crippen LogP contribution in [0.3, 0.4) is 0 Å². The van der Waals surface area contributed by atoms with E-state index in [0.717, 1.165) is 31.5 Å². The van der Waals surface area contributed by atoms with Gasteiger partial charge in [-0.15, -0.1) is 0 Å². The van der Waals surface area contributed by atoms with E-state index in [4.69, 9.17) is 0 Å². The van der Waals surface area contributed by atoms with Gasteiger partial charge in [-0.05, 0) is 49.6 Å². The molecule has 29 heavy (non-hydrogen) atoms. The number of nitrogens with one attached hydrogen (secondary N) is 1. The van der Waals surface area contributed by atoms with Crippen LogP contribution in [0.1, 0.15) is 24.0 Å². The lowest BCUT2D eigenvalue weighted by Crippen LogP contribution is -2.40. The highest BCUT2D eigenvalue weighted by Gasteiger charge is 2.26. The maximum Gasteiger partial charge on any atom is 0.242 e. The third-order valence-electron chi connectivity index (χ3n) is 5.37. The Morgan fingerprint density at radius 3 is 2.59 bits per heavy atom. The van der Waals surface area contributed by atoms with Gasteiger partial charge >= 0.3 is 0 Å². The molecule has 1 aliphatic heterocycles. The summed E-state index contributed by atoms with van der Waals surface area (Å²) in [6.45, 7) is 4.38. The summed E-state index contributed by atoms with van der Waals surface area (Å²) in [5.41, 5.74) is 2.64. The summed E-state index contributed by atoms with van der Waals surface area (Å²) in [4.78, 5) is 15.4. The average molecular weight is 416 g/mol. The van der Waals surface area contributed by atoms with Gasteiger partial charge in [0.2, 0.25) is 15.9 Å². The standard InChI is InChI=1S/C22H29N3O3S/c1-17-11-12-20(29(27,28)24(2)3)14-21(17)23-22(26)19-10-7-13-25(16-19)15-18-8-5-4-6-9-18/h4-6,8-9,11-12,14,19H,7,10,13,15-16H2,1-3H3,(H,23,26)/t19-/m0/s1. The van der Waals surface area contributed by atoms with Gasteiger partial charge in [0.1, 0.15) is 0 Å². The minimum Gasteiger partial charge on any atom is -0.326 e. The summed E-state index contributed by atoms with van der Waals surface area (Å²) < 4.78 is 26.0. The Morgan fingerprint density at radius 1 is 1.17 bits per heavy atom. The topological polar surface area (TPSA) is 69.7 Å². The largest absolute Gasteiger partial charge is 0.326 e. The first kappa shape index (κ1) is 21.5. The van der Waals surface area contributed by atoms with Crippen LogP contribution >= 0.6 is 0 Å². The fraction of sp³-hybridized carbons (Fsp3) is 0.409. The zero-order valence-electron chi connectivity index (χ0n) is 17.3. The van der Waals surface area contributed by atoms with Crippen molar-refractivity contribution in [3.8, 4) is 0 Å². The first-order valence-electron chi connectivity index (χ1n) is 9.87. The molecule has 3 rings (SSSR count). The van der Waals surface area contributed by atoms with Crippen LogP contribution in [-0.2, 0) is 21.4 Å². The summed E-state index contributed by atoms with van der Waals surface area (Å²) in [7, 11) is -0.553. The minimum atomic E-state index is -3.55. The minimum absolute atomic E-state index is 0.0507. The van der Waals surface area contributed by atoms with Crippen LogP contribution in [0.5, 0.6) is 0 Å². The molecule has 2 aromatic carbocycles. The number of hydrogen-bond donors (Lipinski definition) is 1. The number of sulfonamides is 1. The van der Waals surface area contributed by atoms with Crippen molar-refractivity contribution >= 4 is 21.6 Å². The van der Waals surface area contributed by atoms with Gasteiger partial charge in [0.05, 0.1) is 10.8 Å². The molecule has 0 bridgehead atoms. The lowest BCUT2D eigenvalue weighted by Gasteiger charge is -2.32. The Hall–Kier alpha value is -2.22. The van der Waals surface area contributed by atoms with Gasteiger partial charge in [-0.2, -0.15) is 0 Å². The Morgan fingerprint density at radius 2 is 1.90 bits per heavy atom. The van der Waals surface area contributed by atoms with Gasteiger partial charge in [0.25, 0.3) is 0 Å². The molecule has 0 radical (unpaired) electrons. The van der Waals surface area contributed by atoms with Crippen molar-refractivity contribution in [2.45, 2.75) is 31.2 Å². The third kappa shape index (κ3) is 5.23. The van der Waals surface area contributed by atoms with Crippen molar-refractivity contribution < 1.29 is 13.2 Å². The molecule has 7 heteroatoms. The average Bonchev–Trinajstić information content (AvgIpc) is 2.70. The predicted octanol–water partition coefficient (Wildman–Crippen LogP) is 3.10. The first-order chi connectivity index (χ1) is 13.8. The molecule has 1 aliphatic rings. The Bertz CT molecular complexity index is 959. The molecule has 0 aromatic heterocycles. The van der Waals surface area contributed by atoms with Crippen molar-refractivity contribution in [3.63, 3.8) is 0 Å². The predicted molar refractivity (Wildman–Crippen MR) is 115 cm³/mol. The van der Waals surface area contributed by atoms with Crippen LogP contribution in [0.15, 0.2) is 53.4 Å². The Kier molecular flexibility index (Phi) is 6.72. The van der Waals surface area contributed by atoms with Gasteiger partial charge in [-0.3, -0.25) is 9.69 Å². The number of nitrogens with zero attached hydrogens (tertiary/aromatic N) is 2. The molecule has 0 saturated carbocycles. The Balaban J connectivity index is 1.69. The second kappa shape index (κ2) is 9.07. The van der Waals surface area contributed by atoms with E-state index in [-0.39, 0.29) is 16.7 Å². The molecule has 6 nitrogen and oxygen atoms in total. The van der Waals surface area contributed by atoms with E-state index in [1.54, 1.807) is 18.2 Å². The quantitative estimate of drug-likeness (QED) is 0.787. The fourth-order valence-corrected chi connectivity index (χ4v) is 4.53. The van der Waals surface area contributed by atoms with E-state index in [1.807, 2.05) is 25.1 Å². The van der Waals surface area contributed by atoms with E-state index in [0.29, 0.717) is 12.2 Å².